The number of ether oxygens (including phenoxy) is 3. The Bertz CT molecular complexity index is 1450. The number of rotatable bonds is 14. The maximum Gasteiger partial charge on any atom is 0.246 e. The van der Waals surface area contributed by atoms with Crippen LogP contribution < -0.4 is 19.5 Å². The number of halogens is 1. The highest BCUT2D eigenvalue weighted by Gasteiger charge is 2.44. The Hall–Kier alpha value is -4.24. The molecule has 3 amide bonds. The number of nitrogens with one attached hydrogen (secondary N) is 1. The van der Waals surface area contributed by atoms with Gasteiger partial charge in [0.05, 0.1) is 21.3 Å². The maximum absolute atomic E-state index is 13.9. The van der Waals surface area contributed by atoms with Crippen LogP contribution in [0, 0.1) is 0 Å². The predicted molar refractivity (Wildman–Crippen MR) is 175 cm³/mol. The monoisotopic (exact) mass is 635 g/mol. The van der Waals surface area contributed by atoms with Crippen molar-refractivity contribution in [3.63, 3.8) is 0 Å². The van der Waals surface area contributed by atoms with E-state index in [4.69, 9.17) is 25.8 Å². The first-order chi connectivity index (χ1) is 21.7. The van der Waals surface area contributed by atoms with E-state index in [-0.39, 0.29) is 24.3 Å². The van der Waals surface area contributed by atoms with Crippen molar-refractivity contribution in [2.45, 2.75) is 51.6 Å². The number of piperazine rings is 1. The van der Waals surface area contributed by atoms with Crippen LogP contribution in [0.1, 0.15) is 37.8 Å². The zero-order valence-electron chi connectivity index (χ0n) is 26.6. The summed E-state index contributed by atoms with van der Waals surface area (Å²) in [6, 6.07) is 17.6. The first-order valence-electron chi connectivity index (χ1n) is 15.2. The van der Waals surface area contributed by atoms with E-state index < -0.39 is 12.1 Å². The number of carbonyl (C=O) groups excluding carboxylic acids is 3. The maximum atomic E-state index is 13.9. The number of carbonyl (C=O) groups is 3. The zero-order valence-corrected chi connectivity index (χ0v) is 27.4. The van der Waals surface area contributed by atoms with E-state index in [0.29, 0.717) is 48.2 Å². The molecule has 0 aromatic heterocycles. The van der Waals surface area contributed by atoms with Gasteiger partial charge in [0.15, 0.2) is 11.5 Å². The van der Waals surface area contributed by atoms with E-state index in [1.54, 1.807) is 33.2 Å². The van der Waals surface area contributed by atoms with Crippen molar-refractivity contribution in [2.75, 3.05) is 41.0 Å². The smallest absolute Gasteiger partial charge is 0.246 e. The minimum Gasteiger partial charge on any atom is -0.493 e. The van der Waals surface area contributed by atoms with Crippen LogP contribution in [0.25, 0.3) is 11.1 Å². The van der Waals surface area contributed by atoms with Gasteiger partial charge >= 0.3 is 0 Å². The molecule has 1 heterocycles. The van der Waals surface area contributed by atoms with Gasteiger partial charge in [0.2, 0.25) is 23.5 Å². The molecule has 0 spiro atoms. The Kier molecular flexibility index (Phi) is 11.7. The van der Waals surface area contributed by atoms with Crippen LogP contribution >= 0.6 is 11.6 Å². The zero-order chi connectivity index (χ0) is 32.5. The first kappa shape index (κ1) is 33.6. The van der Waals surface area contributed by atoms with Crippen LogP contribution in [-0.4, -0.2) is 80.6 Å². The molecular formula is C35H42ClN3O6. The lowest BCUT2D eigenvalue weighted by Crippen LogP contribution is -2.65. The van der Waals surface area contributed by atoms with Crippen LogP contribution in [0.15, 0.2) is 60.7 Å². The molecule has 4 rings (SSSR count). The highest BCUT2D eigenvalue weighted by molar-refractivity contribution is 6.30. The van der Waals surface area contributed by atoms with E-state index in [1.807, 2.05) is 60.7 Å². The Balaban J connectivity index is 1.49. The van der Waals surface area contributed by atoms with Crippen LogP contribution in [0.4, 0.5) is 0 Å². The number of amides is 3. The van der Waals surface area contributed by atoms with Crippen molar-refractivity contribution in [1.29, 1.82) is 0 Å². The van der Waals surface area contributed by atoms with Crippen molar-refractivity contribution in [1.82, 2.24) is 15.1 Å². The summed E-state index contributed by atoms with van der Waals surface area (Å²) in [7, 11) is 4.71. The lowest BCUT2D eigenvalue weighted by molar-refractivity contribution is -0.162. The molecule has 1 aliphatic rings. The van der Waals surface area contributed by atoms with Gasteiger partial charge in [0.1, 0.15) is 18.6 Å². The molecule has 2 atom stereocenters. The topological polar surface area (TPSA) is 97.4 Å². The number of nitrogens with zero attached hydrogens (tertiary/aromatic N) is 2. The average molecular weight is 636 g/mol. The van der Waals surface area contributed by atoms with Gasteiger partial charge in [-0.25, -0.2) is 0 Å². The van der Waals surface area contributed by atoms with E-state index in [0.717, 1.165) is 35.1 Å². The first-order valence-corrected chi connectivity index (χ1v) is 15.6. The lowest BCUT2D eigenvalue weighted by Gasteiger charge is -2.44. The highest BCUT2D eigenvalue weighted by Crippen LogP contribution is 2.41. The molecule has 45 heavy (non-hydrogen) atoms. The SMILES string of the molecule is CCCCN1C(=O)[C@H](C)N(CC(=O)NCCc2ccc(Cl)cc2)C(=O)C1Cc1ccc(-c2cc(OC)c(OC)c(OC)c2)cc1. The Labute approximate surface area is 270 Å². The molecule has 9 nitrogen and oxygen atoms in total. The van der Waals surface area contributed by atoms with Gasteiger partial charge in [-0.2, -0.15) is 0 Å². The van der Waals surface area contributed by atoms with Crippen molar-refractivity contribution >= 4 is 29.3 Å². The van der Waals surface area contributed by atoms with Crippen LogP contribution in [0.5, 0.6) is 17.2 Å². The molecule has 0 bridgehead atoms. The summed E-state index contributed by atoms with van der Waals surface area (Å²) in [5, 5.41) is 3.54. The summed E-state index contributed by atoms with van der Waals surface area (Å²) in [6.45, 7) is 4.47. The Morgan fingerprint density at radius 2 is 1.47 bits per heavy atom. The summed E-state index contributed by atoms with van der Waals surface area (Å²) >= 11 is 5.96. The van der Waals surface area contributed by atoms with Gasteiger partial charge in [-0.15, -0.1) is 0 Å². The molecule has 1 fully saturated rings. The fraction of sp³-hybridized carbons (Fsp3) is 0.400. The second-order valence-electron chi connectivity index (χ2n) is 11.1. The van der Waals surface area contributed by atoms with Crippen LogP contribution in [0.2, 0.25) is 5.02 Å². The molecule has 1 unspecified atom stereocenters. The van der Waals surface area contributed by atoms with Gasteiger partial charge in [-0.1, -0.05) is 61.3 Å². The largest absolute Gasteiger partial charge is 0.493 e. The van der Waals surface area contributed by atoms with Gasteiger partial charge in [-0.3, -0.25) is 14.4 Å². The second kappa shape index (κ2) is 15.7. The molecule has 1 N–H and O–H groups in total. The molecule has 1 saturated heterocycles. The van der Waals surface area contributed by atoms with E-state index >= 15 is 0 Å². The highest BCUT2D eigenvalue weighted by atomic mass is 35.5. The Morgan fingerprint density at radius 3 is 2.04 bits per heavy atom. The quantitative estimate of drug-likeness (QED) is 0.263. The van der Waals surface area contributed by atoms with Crippen molar-refractivity contribution in [3.8, 4) is 28.4 Å². The second-order valence-corrected chi connectivity index (χ2v) is 11.5. The van der Waals surface area contributed by atoms with E-state index in [1.165, 1.54) is 4.90 Å². The van der Waals surface area contributed by atoms with Gasteiger partial charge in [-0.05, 0) is 66.3 Å². The average Bonchev–Trinajstić information content (AvgIpc) is 3.05. The van der Waals surface area contributed by atoms with Gasteiger partial charge in [0, 0.05) is 24.5 Å². The van der Waals surface area contributed by atoms with E-state index in [9.17, 15) is 14.4 Å². The molecular weight excluding hydrogens is 594 g/mol. The van der Waals surface area contributed by atoms with Crippen molar-refractivity contribution < 1.29 is 28.6 Å². The minimum absolute atomic E-state index is 0.143. The number of unbranched alkanes of at least 4 members (excludes halogenated alkanes) is 1. The van der Waals surface area contributed by atoms with Crippen LogP contribution in [-0.2, 0) is 27.2 Å². The van der Waals surface area contributed by atoms with Gasteiger partial charge in [0.25, 0.3) is 0 Å². The molecule has 0 aliphatic carbocycles. The van der Waals surface area contributed by atoms with E-state index in [2.05, 4.69) is 12.2 Å². The number of benzene rings is 3. The Morgan fingerprint density at radius 1 is 0.844 bits per heavy atom. The normalized spacial score (nSPS) is 16.5. The summed E-state index contributed by atoms with van der Waals surface area (Å²) in [4.78, 5) is 43.5. The number of hydrogen-bond acceptors (Lipinski definition) is 6. The third-order valence-electron chi connectivity index (χ3n) is 8.15. The van der Waals surface area contributed by atoms with Crippen molar-refractivity contribution in [2.24, 2.45) is 0 Å². The minimum atomic E-state index is -0.727. The summed E-state index contributed by atoms with van der Waals surface area (Å²) in [6.07, 6.45) is 2.64. The molecule has 0 radical (unpaired) electrons. The molecule has 0 saturated carbocycles. The molecule has 240 valence electrons. The molecule has 3 aromatic rings. The fourth-order valence-electron chi connectivity index (χ4n) is 5.56. The number of hydrogen-bond donors (Lipinski definition) is 1. The van der Waals surface area contributed by atoms with Gasteiger partial charge < -0.3 is 29.3 Å². The third-order valence-corrected chi connectivity index (χ3v) is 8.40. The summed E-state index contributed by atoms with van der Waals surface area (Å²) < 4.78 is 16.5. The standard InChI is InChI=1S/C35H42ClN3O6/c1-6-7-18-38-29(19-25-8-12-26(13-9-25)27-20-30(43-3)33(45-5)31(21-27)44-4)35(42)39(23(2)34(38)41)22-32(40)37-17-16-24-10-14-28(36)15-11-24/h8-15,20-21,23,29H,6-7,16-19,22H2,1-5H3,(H,37,40)/t23-,29?/m0/s1. The fourth-order valence-corrected chi connectivity index (χ4v) is 5.69. The predicted octanol–water partition coefficient (Wildman–Crippen LogP) is 5.16. The van der Waals surface area contributed by atoms with Crippen LogP contribution in [0.3, 0.4) is 0 Å². The lowest BCUT2D eigenvalue weighted by atomic mass is 9.96. The molecule has 1 aliphatic heterocycles. The summed E-state index contributed by atoms with van der Waals surface area (Å²) in [5.74, 6) is 0.958. The molecule has 10 heteroatoms. The van der Waals surface area contributed by atoms with Crippen molar-refractivity contribution in [3.05, 3.63) is 76.8 Å². The summed E-state index contributed by atoms with van der Waals surface area (Å²) in [5.41, 5.74) is 3.75. The molecule has 3 aromatic carbocycles. The number of methoxy groups -OCH3 is 3. The third kappa shape index (κ3) is 8.08.